The molecular formula is C22H33N3O2. The van der Waals surface area contributed by atoms with Gasteiger partial charge in [0, 0.05) is 39.1 Å². The van der Waals surface area contributed by atoms with E-state index < -0.39 is 0 Å². The van der Waals surface area contributed by atoms with E-state index in [9.17, 15) is 9.59 Å². The van der Waals surface area contributed by atoms with Crippen LogP contribution in [0, 0.1) is 11.8 Å². The second kappa shape index (κ2) is 9.88. The first-order valence-electron chi connectivity index (χ1n) is 10.4. The van der Waals surface area contributed by atoms with Crippen molar-refractivity contribution in [1.29, 1.82) is 0 Å². The smallest absolute Gasteiger partial charge is 0.224 e. The van der Waals surface area contributed by atoms with E-state index in [1.54, 1.807) is 0 Å². The van der Waals surface area contributed by atoms with E-state index in [0.29, 0.717) is 18.9 Å². The maximum Gasteiger partial charge on any atom is 0.224 e. The second-order valence-corrected chi connectivity index (χ2v) is 8.19. The number of likely N-dealkylation sites (tertiary alicyclic amines) is 2. The summed E-state index contributed by atoms with van der Waals surface area (Å²) in [6.07, 6.45) is 4.71. The third-order valence-corrected chi connectivity index (χ3v) is 5.77. The molecule has 2 heterocycles. The summed E-state index contributed by atoms with van der Waals surface area (Å²) in [7, 11) is 0. The molecule has 2 unspecified atom stereocenters. The first-order chi connectivity index (χ1) is 13.1. The number of carbonyl (C=O) groups is 2. The maximum atomic E-state index is 12.5. The van der Waals surface area contributed by atoms with Gasteiger partial charge in [-0.15, -0.1) is 0 Å². The largest absolute Gasteiger partial charge is 0.355 e. The molecule has 5 nitrogen and oxygen atoms in total. The molecule has 1 aromatic carbocycles. The Kier molecular flexibility index (Phi) is 7.27. The fourth-order valence-electron chi connectivity index (χ4n) is 4.27. The predicted octanol–water partition coefficient (Wildman–Crippen LogP) is 2.66. The van der Waals surface area contributed by atoms with Crippen molar-refractivity contribution in [3.8, 4) is 0 Å². The predicted molar refractivity (Wildman–Crippen MR) is 107 cm³/mol. The van der Waals surface area contributed by atoms with Crippen LogP contribution in [0.15, 0.2) is 30.3 Å². The average Bonchev–Trinajstić information content (AvgIpc) is 2.69. The Labute approximate surface area is 163 Å². The van der Waals surface area contributed by atoms with Crippen LogP contribution in [-0.4, -0.2) is 54.3 Å². The van der Waals surface area contributed by atoms with Crippen LogP contribution in [0.25, 0.3) is 0 Å². The van der Waals surface area contributed by atoms with E-state index in [1.165, 1.54) is 12.0 Å². The Hall–Kier alpha value is -1.88. The number of hydrogen-bond acceptors (Lipinski definition) is 3. The summed E-state index contributed by atoms with van der Waals surface area (Å²) >= 11 is 0. The number of rotatable bonds is 6. The zero-order chi connectivity index (χ0) is 19.1. The minimum absolute atomic E-state index is 0.0348. The molecule has 2 fully saturated rings. The van der Waals surface area contributed by atoms with Crippen molar-refractivity contribution in [3.63, 3.8) is 0 Å². The van der Waals surface area contributed by atoms with E-state index in [1.807, 2.05) is 11.0 Å². The van der Waals surface area contributed by atoms with Crippen molar-refractivity contribution in [1.82, 2.24) is 15.1 Å². The van der Waals surface area contributed by atoms with Crippen molar-refractivity contribution in [3.05, 3.63) is 35.9 Å². The third-order valence-electron chi connectivity index (χ3n) is 5.77. The van der Waals surface area contributed by atoms with E-state index >= 15 is 0 Å². The first kappa shape index (κ1) is 19.9. The quantitative estimate of drug-likeness (QED) is 0.836. The highest BCUT2D eigenvalue weighted by atomic mass is 16.2. The lowest BCUT2D eigenvalue weighted by Gasteiger charge is -2.32. The molecule has 27 heavy (non-hydrogen) atoms. The Morgan fingerprint density at radius 2 is 1.85 bits per heavy atom. The van der Waals surface area contributed by atoms with E-state index in [4.69, 9.17) is 0 Å². The maximum absolute atomic E-state index is 12.5. The Morgan fingerprint density at radius 1 is 1.07 bits per heavy atom. The van der Waals surface area contributed by atoms with Gasteiger partial charge in [-0.1, -0.05) is 37.3 Å². The summed E-state index contributed by atoms with van der Waals surface area (Å²) in [4.78, 5) is 29.2. The lowest BCUT2D eigenvalue weighted by Crippen LogP contribution is -2.44. The van der Waals surface area contributed by atoms with Gasteiger partial charge >= 0.3 is 0 Å². The van der Waals surface area contributed by atoms with Crippen LogP contribution in [0.4, 0.5) is 0 Å². The second-order valence-electron chi connectivity index (χ2n) is 8.19. The minimum atomic E-state index is 0.0348. The van der Waals surface area contributed by atoms with Crippen LogP contribution in [0.1, 0.15) is 44.6 Å². The molecule has 3 rings (SSSR count). The van der Waals surface area contributed by atoms with Gasteiger partial charge in [0.1, 0.15) is 0 Å². The van der Waals surface area contributed by atoms with Crippen LogP contribution >= 0.6 is 0 Å². The molecule has 148 valence electrons. The van der Waals surface area contributed by atoms with Crippen LogP contribution < -0.4 is 5.32 Å². The van der Waals surface area contributed by atoms with Crippen molar-refractivity contribution < 1.29 is 9.59 Å². The molecule has 0 radical (unpaired) electrons. The van der Waals surface area contributed by atoms with Gasteiger partial charge < -0.3 is 10.2 Å². The fraction of sp³-hybridized carbons (Fsp3) is 0.636. The highest BCUT2D eigenvalue weighted by molar-refractivity contribution is 5.80. The Morgan fingerprint density at radius 3 is 2.63 bits per heavy atom. The number of amides is 2. The zero-order valence-electron chi connectivity index (χ0n) is 16.5. The lowest BCUT2D eigenvalue weighted by atomic mass is 9.96. The molecule has 2 aliphatic heterocycles. The topological polar surface area (TPSA) is 52.7 Å². The van der Waals surface area contributed by atoms with Crippen molar-refractivity contribution >= 4 is 11.8 Å². The van der Waals surface area contributed by atoms with Gasteiger partial charge in [0.05, 0.1) is 5.92 Å². The van der Waals surface area contributed by atoms with Gasteiger partial charge in [0.15, 0.2) is 0 Å². The van der Waals surface area contributed by atoms with Gasteiger partial charge in [0.25, 0.3) is 0 Å². The van der Waals surface area contributed by atoms with Gasteiger partial charge in [-0.05, 0) is 43.7 Å². The van der Waals surface area contributed by atoms with Crippen LogP contribution in [0.2, 0.25) is 0 Å². The summed E-state index contributed by atoms with van der Waals surface area (Å²) in [6, 6.07) is 10.4. The number of hydrogen-bond donors (Lipinski definition) is 1. The molecule has 0 aliphatic carbocycles. The van der Waals surface area contributed by atoms with Gasteiger partial charge in [0.2, 0.25) is 11.8 Å². The molecule has 1 aromatic rings. The number of benzene rings is 1. The molecule has 5 heteroatoms. The monoisotopic (exact) mass is 371 g/mol. The average molecular weight is 372 g/mol. The molecule has 0 bridgehead atoms. The molecule has 0 aromatic heterocycles. The van der Waals surface area contributed by atoms with Gasteiger partial charge in [-0.25, -0.2) is 0 Å². The number of piperidine rings is 2. The Balaban J connectivity index is 1.39. The lowest BCUT2D eigenvalue weighted by molar-refractivity contribution is -0.133. The molecule has 0 spiro atoms. The summed E-state index contributed by atoms with van der Waals surface area (Å²) in [5, 5.41) is 3.00. The minimum Gasteiger partial charge on any atom is -0.355 e. The first-order valence-corrected chi connectivity index (χ1v) is 10.4. The van der Waals surface area contributed by atoms with E-state index in [2.05, 4.69) is 41.4 Å². The number of carbonyl (C=O) groups excluding carboxylic acids is 2. The van der Waals surface area contributed by atoms with E-state index in [-0.39, 0.29) is 17.7 Å². The van der Waals surface area contributed by atoms with Crippen molar-refractivity contribution in [2.75, 3.05) is 32.7 Å². The summed E-state index contributed by atoms with van der Waals surface area (Å²) in [6.45, 7) is 7.14. The summed E-state index contributed by atoms with van der Waals surface area (Å²) in [5.41, 5.74) is 1.29. The van der Waals surface area contributed by atoms with Gasteiger partial charge in [-0.3, -0.25) is 14.5 Å². The number of nitrogens with one attached hydrogen (secondary N) is 1. The highest BCUT2D eigenvalue weighted by Crippen LogP contribution is 2.19. The third kappa shape index (κ3) is 6.06. The van der Waals surface area contributed by atoms with Crippen LogP contribution in [0.5, 0.6) is 0 Å². The highest BCUT2D eigenvalue weighted by Gasteiger charge is 2.26. The molecule has 2 amide bonds. The van der Waals surface area contributed by atoms with Crippen LogP contribution in [-0.2, 0) is 16.1 Å². The van der Waals surface area contributed by atoms with E-state index in [0.717, 1.165) is 52.0 Å². The standard InChI is InChI=1S/C22H33N3O2/c1-18-7-5-14-25(15-18)21(26)11-12-23-22(27)20-10-6-13-24(17-20)16-19-8-3-2-4-9-19/h2-4,8-9,18,20H,5-7,10-17H2,1H3,(H,23,27). The fourth-order valence-corrected chi connectivity index (χ4v) is 4.27. The number of nitrogens with zero attached hydrogens (tertiary/aromatic N) is 2. The molecule has 2 saturated heterocycles. The molecule has 2 aliphatic rings. The Bertz CT molecular complexity index is 619. The van der Waals surface area contributed by atoms with Crippen LogP contribution in [0.3, 0.4) is 0 Å². The molecule has 1 N–H and O–H groups in total. The van der Waals surface area contributed by atoms with Crippen molar-refractivity contribution in [2.45, 2.75) is 45.6 Å². The summed E-state index contributed by atoms with van der Waals surface area (Å²) in [5.74, 6) is 0.909. The SMILES string of the molecule is CC1CCCN(C(=O)CCNC(=O)C2CCCN(Cc3ccccc3)C2)C1. The summed E-state index contributed by atoms with van der Waals surface area (Å²) < 4.78 is 0. The molecule has 0 saturated carbocycles. The molecule has 2 atom stereocenters. The van der Waals surface area contributed by atoms with Gasteiger partial charge in [-0.2, -0.15) is 0 Å². The van der Waals surface area contributed by atoms with Crippen molar-refractivity contribution in [2.24, 2.45) is 11.8 Å². The molecular weight excluding hydrogens is 338 g/mol. The normalized spacial score (nSPS) is 23.8. The zero-order valence-corrected chi connectivity index (χ0v) is 16.5.